The third-order valence-electron chi connectivity index (χ3n) is 5.02. The molecule has 3 unspecified atom stereocenters. The van der Waals surface area contributed by atoms with Gasteiger partial charge >= 0.3 is 0 Å². The first kappa shape index (κ1) is 13.4. The van der Waals surface area contributed by atoms with Crippen molar-refractivity contribution < 1.29 is 9.53 Å². The molecule has 1 N–H and O–H groups in total. The number of carbonyl (C=O) groups excluding carboxylic acids is 1. The highest BCUT2D eigenvalue weighted by molar-refractivity contribution is 5.79. The van der Waals surface area contributed by atoms with Crippen LogP contribution in [0.1, 0.15) is 45.4 Å². The van der Waals surface area contributed by atoms with Gasteiger partial charge < -0.3 is 15.0 Å². The van der Waals surface area contributed by atoms with Gasteiger partial charge in [0.2, 0.25) is 5.91 Å². The molecule has 3 heterocycles. The van der Waals surface area contributed by atoms with Crippen LogP contribution in [0.5, 0.6) is 0 Å². The van der Waals surface area contributed by atoms with E-state index in [-0.39, 0.29) is 5.92 Å². The maximum atomic E-state index is 12.7. The van der Waals surface area contributed by atoms with Gasteiger partial charge in [0.05, 0.1) is 12.5 Å². The number of nitrogens with zero attached hydrogens (tertiary/aromatic N) is 1. The molecule has 3 aliphatic heterocycles. The highest BCUT2D eigenvalue weighted by atomic mass is 16.5. The van der Waals surface area contributed by atoms with Gasteiger partial charge in [-0.2, -0.15) is 0 Å². The summed E-state index contributed by atoms with van der Waals surface area (Å²) in [6.07, 6.45) is 6.91. The number of carbonyl (C=O) groups is 1. The third kappa shape index (κ3) is 2.79. The molecular weight excluding hydrogens is 240 g/mol. The zero-order chi connectivity index (χ0) is 13.2. The monoisotopic (exact) mass is 266 g/mol. The molecule has 0 aromatic heterocycles. The van der Waals surface area contributed by atoms with Crippen LogP contribution in [-0.4, -0.2) is 48.7 Å². The van der Waals surface area contributed by atoms with E-state index in [0.29, 0.717) is 30.6 Å². The van der Waals surface area contributed by atoms with Crippen molar-refractivity contribution in [2.75, 3.05) is 19.8 Å². The molecule has 0 radical (unpaired) electrons. The first-order valence-corrected chi connectivity index (χ1v) is 7.92. The Morgan fingerprint density at radius 3 is 2.58 bits per heavy atom. The first-order valence-electron chi connectivity index (χ1n) is 7.92. The fourth-order valence-corrected chi connectivity index (χ4v) is 4.05. The highest BCUT2D eigenvalue weighted by Crippen LogP contribution is 2.31. The van der Waals surface area contributed by atoms with Crippen LogP contribution in [0.15, 0.2) is 0 Å². The Morgan fingerprint density at radius 2 is 2.00 bits per heavy atom. The summed E-state index contributed by atoms with van der Waals surface area (Å²) in [6.45, 7) is 4.42. The third-order valence-corrected chi connectivity index (χ3v) is 5.02. The van der Waals surface area contributed by atoms with E-state index in [1.54, 1.807) is 0 Å². The molecule has 3 aliphatic rings. The summed E-state index contributed by atoms with van der Waals surface area (Å²) in [7, 11) is 0. The molecule has 3 fully saturated rings. The van der Waals surface area contributed by atoms with E-state index in [1.807, 2.05) is 0 Å². The standard InChI is InChI=1S/C15H26N2O2/c1-2-17(15(18)11-4-3-7-19-10-11)14-8-12-5-6-13(9-14)16-12/h11-14,16H,2-10H2,1H3. The number of ether oxygens (including phenoxy) is 1. The van der Waals surface area contributed by atoms with E-state index in [9.17, 15) is 4.79 Å². The van der Waals surface area contributed by atoms with Crippen molar-refractivity contribution in [1.82, 2.24) is 10.2 Å². The van der Waals surface area contributed by atoms with Crippen molar-refractivity contribution in [3.8, 4) is 0 Å². The van der Waals surface area contributed by atoms with Crippen molar-refractivity contribution in [2.45, 2.75) is 63.6 Å². The molecule has 0 aromatic carbocycles. The SMILES string of the molecule is CCN(C(=O)C1CCCOC1)C1CC2CCC(C1)N2. The Labute approximate surface area is 115 Å². The number of rotatable bonds is 3. The van der Waals surface area contributed by atoms with Crippen LogP contribution in [0.4, 0.5) is 0 Å². The molecule has 0 spiro atoms. The Morgan fingerprint density at radius 1 is 1.26 bits per heavy atom. The zero-order valence-electron chi connectivity index (χ0n) is 11.9. The van der Waals surface area contributed by atoms with Crippen molar-refractivity contribution in [2.24, 2.45) is 5.92 Å². The Kier molecular flexibility index (Phi) is 4.08. The molecule has 19 heavy (non-hydrogen) atoms. The lowest BCUT2D eigenvalue weighted by Crippen LogP contribution is -2.52. The molecule has 0 aliphatic carbocycles. The Bertz CT molecular complexity index is 316. The largest absolute Gasteiger partial charge is 0.381 e. The summed E-state index contributed by atoms with van der Waals surface area (Å²) >= 11 is 0. The van der Waals surface area contributed by atoms with E-state index < -0.39 is 0 Å². The van der Waals surface area contributed by atoms with Crippen LogP contribution in [0, 0.1) is 5.92 Å². The van der Waals surface area contributed by atoms with Gasteiger partial charge in [0.15, 0.2) is 0 Å². The summed E-state index contributed by atoms with van der Waals surface area (Å²) in [5, 5.41) is 3.66. The van der Waals surface area contributed by atoms with Gasteiger partial charge in [0.25, 0.3) is 0 Å². The molecule has 3 rings (SSSR count). The number of amides is 1. The summed E-state index contributed by atoms with van der Waals surface area (Å²) < 4.78 is 5.48. The molecule has 0 aromatic rings. The Hall–Kier alpha value is -0.610. The van der Waals surface area contributed by atoms with Crippen LogP contribution >= 0.6 is 0 Å². The molecule has 2 bridgehead atoms. The normalized spacial score (nSPS) is 38.2. The van der Waals surface area contributed by atoms with Crippen LogP contribution < -0.4 is 5.32 Å². The van der Waals surface area contributed by atoms with E-state index >= 15 is 0 Å². The summed E-state index contributed by atoms with van der Waals surface area (Å²) in [5.41, 5.74) is 0. The minimum absolute atomic E-state index is 0.112. The second kappa shape index (κ2) is 5.80. The predicted molar refractivity (Wildman–Crippen MR) is 73.9 cm³/mol. The van der Waals surface area contributed by atoms with Gasteiger partial charge in [-0.05, 0) is 45.4 Å². The number of fused-ring (bicyclic) bond motifs is 2. The molecule has 108 valence electrons. The van der Waals surface area contributed by atoms with E-state index in [0.717, 1.165) is 38.8 Å². The van der Waals surface area contributed by atoms with Gasteiger partial charge in [-0.3, -0.25) is 4.79 Å². The van der Waals surface area contributed by atoms with Crippen molar-refractivity contribution in [3.05, 3.63) is 0 Å². The van der Waals surface area contributed by atoms with Crippen LogP contribution in [-0.2, 0) is 9.53 Å². The maximum Gasteiger partial charge on any atom is 0.228 e. The topological polar surface area (TPSA) is 41.6 Å². The quantitative estimate of drug-likeness (QED) is 0.842. The number of hydrogen-bond donors (Lipinski definition) is 1. The minimum Gasteiger partial charge on any atom is -0.381 e. The van der Waals surface area contributed by atoms with Gasteiger partial charge in [-0.15, -0.1) is 0 Å². The van der Waals surface area contributed by atoms with Gasteiger partial charge in [-0.1, -0.05) is 0 Å². The summed E-state index contributed by atoms with van der Waals surface area (Å²) in [5.74, 6) is 0.453. The minimum atomic E-state index is 0.112. The lowest BCUT2D eigenvalue weighted by Gasteiger charge is -2.39. The first-order chi connectivity index (χ1) is 9.28. The van der Waals surface area contributed by atoms with Crippen molar-refractivity contribution >= 4 is 5.91 Å². The van der Waals surface area contributed by atoms with Gasteiger partial charge in [0.1, 0.15) is 0 Å². The summed E-state index contributed by atoms with van der Waals surface area (Å²) in [4.78, 5) is 14.8. The smallest absolute Gasteiger partial charge is 0.228 e. The van der Waals surface area contributed by atoms with E-state index in [2.05, 4.69) is 17.1 Å². The van der Waals surface area contributed by atoms with Gasteiger partial charge in [-0.25, -0.2) is 0 Å². The highest BCUT2D eigenvalue weighted by Gasteiger charge is 2.38. The zero-order valence-corrected chi connectivity index (χ0v) is 11.9. The number of piperidine rings is 1. The molecule has 0 saturated carbocycles. The van der Waals surface area contributed by atoms with E-state index in [4.69, 9.17) is 4.74 Å². The maximum absolute atomic E-state index is 12.7. The average Bonchev–Trinajstić information content (AvgIpc) is 2.79. The predicted octanol–water partition coefficient (Wildman–Crippen LogP) is 1.54. The molecule has 1 amide bonds. The van der Waals surface area contributed by atoms with Crippen LogP contribution in [0.3, 0.4) is 0 Å². The van der Waals surface area contributed by atoms with Gasteiger partial charge in [0, 0.05) is 31.3 Å². The van der Waals surface area contributed by atoms with Crippen molar-refractivity contribution in [1.29, 1.82) is 0 Å². The van der Waals surface area contributed by atoms with E-state index in [1.165, 1.54) is 12.8 Å². The molecule has 3 atom stereocenters. The molecule has 4 nitrogen and oxygen atoms in total. The Balaban J connectivity index is 1.64. The number of hydrogen-bond acceptors (Lipinski definition) is 3. The second-order valence-electron chi connectivity index (χ2n) is 6.30. The lowest BCUT2D eigenvalue weighted by molar-refractivity contribution is -0.142. The van der Waals surface area contributed by atoms with Crippen LogP contribution in [0.25, 0.3) is 0 Å². The molecule has 4 heteroatoms. The van der Waals surface area contributed by atoms with Crippen molar-refractivity contribution in [3.63, 3.8) is 0 Å². The fraction of sp³-hybridized carbons (Fsp3) is 0.933. The average molecular weight is 266 g/mol. The fourth-order valence-electron chi connectivity index (χ4n) is 4.05. The lowest BCUT2D eigenvalue weighted by atomic mass is 9.94. The molecular formula is C15H26N2O2. The molecule has 3 saturated heterocycles. The second-order valence-corrected chi connectivity index (χ2v) is 6.30. The van der Waals surface area contributed by atoms with Crippen LogP contribution in [0.2, 0.25) is 0 Å². The number of nitrogens with one attached hydrogen (secondary N) is 1. The summed E-state index contributed by atoms with van der Waals surface area (Å²) in [6, 6.07) is 1.75.